The van der Waals surface area contributed by atoms with Crippen LogP contribution in [0.5, 0.6) is 0 Å². The van der Waals surface area contributed by atoms with Crippen LogP contribution < -0.4 is 5.32 Å². The van der Waals surface area contributed by atoms with Gasteiger partial charge >= 0.3 is 0 Å². The zero-order valence-electron chi connectivity index (χ0n) is 9.83. The lowest BCUT2D eigenvalue weighted by Crippen LogP contribution is -2.33. The molecule has 0 atom stereocenters. The van der Waals surface area contributed by atoms with Gasteiger partial charge in [0.2, 0.25) is 0 Å². The lowest BCUT2D eigenvalue weighted by Gasteiger charge is -2.14. The summed E-state index contributed by atoms with van der Waals surface area (Å²) in [7, 11) is 1.98. The van der Waals surface area contributed by atoms with Crippen LogP contribution in [-0.4, -0.2) is 42.5 Å². The predicted octanol–water partition coefficient (Wildman–Crippen LogP) is 2.07. The quantitative estimate of drug-likeness (QED) is 0.837. The average molecular weight is 276 g/mol. The molecule has 0 bridgehead atoms. The molecule has 0 aromatic carbocycles. The van der Waals surface area contributed by atoms with Gasteiger partial charge < -0.3 is 10.2 Å². The number of nitrogens with zero attached hydrogens (tertiary/aromatic N) is 2. The van der Waals surface area contributed by atoms with Crippen molar-refractivity contribution in [3.05, 3.63) is 28.0 Å². The molecule has 0 unspecified atom stereocenters. The summed E-state index contributed by atoms with van der Waals surface area (Å²) in [4.78, 5) is 17.7. The molecular formula is C11H15Cl2N3O. The van der Waals surface area contributed by atoms with E-state index >= 15 is 0 Å². The van der Waals surface area contributed by atoms with Crippen molar-refractivity contribution < 1.29 is 4.79 Å². The Hall–Kier alpha value is -0.840. The number of carbonyl (C=O) groups is 1. The number of rotatable bonds is 5. The third-order valence-electron chi connectivity index (χ3n) is 2.35. The van der Waals surface area contributed by atoms with Crippen LogP contribution in [-0.2, 0) is 0 Å². The van der Waals surface area contributed by atoms with E-state index in [9.17, 15) is 4.79 Å². The Morgan fingerprint density at radius 1 is 1.47 bits per heavy atom. The predicted molar refractivity (Wildman–Crippen MR) is 69.8 cm³/mol. The van der Waals surface area contributed by atoms with Crippen molar-refractivity contribution in [3.63, 3.8) is 0 Å². The molecule has 0 fully saturated rings. The number of nitrogens with one attached hydrogen (secondary N) is 1. The molecule has 94 valence electrons. The SMILES string of the molecule is CCN(C)CCNC(=O)c1nc(Cl)ccc1Cl. The van der Waals surface area contributed by atoms with E-state index in [1.54, 1.807) is 12.1 Å². The average Bonchev–Trinajstić information content (AvgIpc) is 2.31. The fraction of sp³-hybridized carbons (Fsp3) is 0.455. The van der Waals surface area contributed by atoms with Crippen molar-refractivity contribution in [2.45, 2.75) is 6.92 Å². The molecule has 1 aromatic rings. The Morgan fingerprint density at radius 3 is 2.82 bits per heavy atom. The number of aromatic nitrogens is 1. The molecule has 0 aliphatic carbocycles. The van der Waals surface area contributed by atoms with E-state index < -0.39 is 0 Å². The van der Waals surface area contributed by atoms with E-state index in [1.807, 2.05) is 7.05 Å². The molecule has 0 saturated heterocycles. The summed E-state index contributed by atoms with van der Waals surface area (Å²) in [5.41, 5.74) is 0.165. The first-order chi connectivity index (χ1) is 8.04. The van der Waals surface area contributed by atoms with Gasteiger partial charge in [-0.05, 0) is 25.7 Å². The van der Waals surface area contributed by atoms with E-state index in [2.05, 4.69) is 22.1 Å². The van der Waals surface area contributed by atoms with Gasteiger partial charge in [0, 0.05) is 13.1 Å². The Kier molecular flexibility index (Phi) is 5.68. The second-order valence-corrected chi connectivity index (χ2v) is 4.41. The van der Waals surface area contributed by atoms with Gasteiger partial charge in [0.05, 0.1) is 5.02 Å². The fourth-order valence-electron chi connectivity index (χ4n) is 1.18. The minimum Gasteiger partial charge on any atom is -0.349 e. The molecule has 4 nitrogen and oxygen atoms in total. The van der Waals surface area contributed by atoms with Crippen LogP contribution in [0.1, 0.15) is 17.4 Å². The Labute approximate surface area is 111 Å². The lowest BCUT2D eigenvalue weighted by molar-refractivity contribution is 0.0945. The summed E-state index contributed by atoms with van der Waals surface area (Å²) in [5.74, 6) is -0.304. The smallest absolute Gasteiger partial charge is 0.271 e. The summed E-state index contributed by atoms with van der Waals surface area (Å²) in [6.07, 6.45) is 0. The van der Waals surface area contributed by atoms with Crippen molar-refractivity contribution in [3.8, 4) is 0 Å². The molecule has 1 aromatic heterocycles. The molecule has 1 amide bonds. The normalized spacial score (nSPS) is 10.6. The zero-order valence-corrected chi connectivity index (χ0v) is 11.3. The van der Waals surface area contributed by atoms with E-state index in [0.29, 0.717) is 11.6 Å². The number of carbonyl (C=O) groups excluding carboxylic acids is 1. The topological polar surface area (TPSA) is 45.2 Å². The summed E-state index contributed by atoms with van der Waals surface area (Å²) >= 11 is 11.6. The van der Waals surface area contributed by atoms with Crippen LogP contribution in [0.15, 0.2) is 12.1 Å². The number of amides is 1. The highest BCUT2D eigenvalue weighted by molar-refractivity contribution is 6.34. The molecule has 0 saturated carbocycles. The van der Waals surface area contributed by atoms with Crippen molar-refractivity contribution in [1.29, 1.82) is 0 Å². The van der Waals surface area contributed by atoms with Gasteiger partial charge in [0.1, 0.15) is 10.8 Å². The number of likely N-dealkylation sites (N-methyl/N-ethyl adjacent to an activating group) is 1. The van der Waals surface area contributed by atoms with Crippen molar-refractivity contribution >= 4 is 29.1 Å². The summed E-state index contributed by atoms with van der Waals surface area (Å²) in [6, 6.07) is 3.11. The second kappa shape index (κ2) is 6.79. The first kappa shape index (κ1) is 14.2. The lowest BCUT2D eigenvalue weighted by atomic mass is 10.3. The maximum absolute atomic E-state index is 11.8. The molecule has 0 aliphatic heterocycles. The van der Waals surface area contributed by atoms with Crippen LogP contribution >= 0.6 is 23.2 Å². The third-order valence-corrected chi connectivity index (χ3v) is 2.86. The van der Waals surface area contributed by atoms with Gasteiger partial charge in [-0.2, -0.15) is 0 Å². The maximum atomic E-state index is 11.8. The van der Waals surface area contributed by atoms with E-state index in [4.69, 9.17) is 23.2 Å². The highest BCUT2D eigenvalue weighted by Gasteiger charge is 2.12. The largest absolute Gasteiger partial charge is 0.349 e. The number of hydrogen-bond acceptors (Lipinski definition) is 3. The first-order valence-electron chi connectivity index (χ1n) is 5.33. The molecule has 1 N–H and O–H groups in total. The van der Waals surface area contributed by atoms with Gasteiger partial charge in [-0.25, -0.2) is 4.98 Å². The molecule has 0 aliphatic rings. The molecule has 1 rings (SSSR count). The summed E-state index contributed by atoms with van der Waals surface area (Å²) < 4.78 is 0. The van der Waals surface area contributed by atoms with Crippen LogP contribution in [0.4, 0.5) is 0 Å². The summed E-state index contributed by atoms with van der Waals surface area (Å²) in [5, 5.41) is 3.30. The van der Waals surface area contributed by atoms with Gasteiger partial charge in [0.25, 0.3) is 5.91 Å². The van der Waals surface area contributed by atoms with Crippen molar-refractivity contribution in [2.75, 3.05) is 26.7 Å². The van der Waals surface area contributed by atoms with Gasteiger partial charge in [-0.1, -0.05) is 30.1 Å². The van der Waals surface area contributed by atoms with Crippen molar-refractivity contribution in [1.82, 2.24) is 15.2 Å². The van der Waals surface area contributed by atoms with Crippen LogP contribution in [0.2, 0.25) is 10.2 Å². The number of halogens is 2. The van der Waals surface area contributed by atoms with Crippen LogP contribution in [0.25, 0.3) is 0 Å². The Bertz CT molecular complexity index is 398. The second-order valence-electron chi connectivity index (χ2n) is 3.62. The molecule has 17 heavy (non-hydrogen) atoms. The van der Waals surface area contributed by atoms with E-state index in [-0.39, 0.29) is 16.8 Å². The Balaban J connectivity index is 2.55. The van der Waals surface area contributed by atoms with Gasteiger partial charge in [0.15, 0.2) is 0 Å². The van der Waals surface area contributed by atoms with Gasteiger partial charge in [-0.15, -0.1) is 0 Å². The number of pyridine rings is 1. The molecule has 6 heteroatoms. The van der Waals surface area contributed by atoms with E-state index in [0.717, 1.165) is 13.1 Å². The third kappa shape index (κ3) is 4.50. The van der Waals surface area contributed by atoms with Crippen molar-refractivity contribution in [2.24, 2.45) is 0 Å². The molecule has 1 heterocycles. The van der Waals surface area contributed by atoms with E-state index in [1.165, 1.54) is 0 Å². The van der Waals surface area contributed by atoms with Gasteiger partial charge in [-0.3, -0.25) is 4.79 Å². The number of hydrogen-bond donors (Lipinski definition) is 1. The first-order valence-corrected chi connectivity index (χ1v) is 6.09. The summed E-state index contributed by atoms with van der Waals surface area (Å²) in [6.45, 7) is 4.32. The zero-order chi connectivity index (χ0) is 12.8. The molecule has 0 radical (unpaired) electrons. The Morgan fingerprint density at radius 2 is 2.18 bits per heavy atom. The fourth-order valence-corrected chi connectivity index (χ4v) is 1.52. The van der Waals surface area contributed by atoms with Crippen LogP contribution in [0, 0.1) is 0 Å². The highest BCUT2D eigenvalue weighted by Crippen LogP contribution is 2.16. The highest BCUT2D eigenvalue weighted by atomic mass is 35.5. The standard InChI is InChI=1S/C11H15Cl2N3O/c1-3-16(2)7-6-14-11(17)10-8(12)4-5-9(13)15-10/h4-5H,3,6-7H2,1-2H3,(H,14,17). The minimum absolute atomic E-state index is 0.165. The minimum atomic E-state index is -0.304. The monoisotopic (exact) mass is 275 g/mol. The van der Waals surface area contributed by atoms with Crippen LogP contribution in [0.3, 0.4) is 0 Å². The molecular weight excluding hydrogens is 261 g/mol. The molecule has 0 spiro atoms. The maximum Gasteiger partial charge on any atom is 0.271 e.